The van der Waals surface area contributed by atoms with Crippen molar-refractivity contribution in [2.24, 2.45) is 0 Å². The second kappa shape index (κ2) is 7.34. The fourth-order valence-corrected chi connectivity index (χ4v) is 2.83. The number of anilines is 2. The van der Waals surface area contributed by atoms with E-state index in [9.17, 15) is 9.59 Å². The molecule has 1 aliphatic rings. The third kappa shape index (κ3) is 3.96. The van der Waals surface area contributed by atoms with Gasteiger partial charge in [-0.15, -0.1) is 0 Å². The summed E-state index contributed by atoms with van der Waals surface area (Å²) >= 11 is 0. The van der Waals surface area contributed by atoms with Gasteiger partial charge in [-0.25, -0.2) is 0 Å². The Morgan fingerprint density at radius 1 is 1.08 bits per heavy atom. The van der Waals surface area contributed by atoms with Crippen LogP contribution in [0.1, 0.15) is 33.7 Å². The lowest BCUT2D eigenvalue weighted by Crippen LogP contribution is -2.28. The van der Waals surface area contributed by atoms with E-state index in [1.807, 2.05) is 48.2 Å². The fourth-order valence-electron chi connectivity index (χ4n) is 2.83. The molecule has 130 valence electrons. The van der Waals surface area contributed by atoms with Gasteiger partial charge in [0.25, 0.3) is 11.8 Å². The van der Waals surface area contributed by atoms with E-state index in [0.717, 1.165) is 31.6 Å². The minimum atomic E-state index is -0.325. The number of benzene rings is 1. The molecule has 0 radical (unpaired) electrons. The number of hydrogen-bond acceptors (Lipinski definition) is 4. The van der Waals surface area contributed by atoms with Crippen LogP contribution in [0.5, 0.6) is 0 Å². The molecular formula is C19H22N4O2. The molecule has 6 nitrogen and oxygen atoms in total. The van der Waals surface area contributed by atoms with Gasteiger partial charge in [-0.1, -0.05) is 0 Å². The van der Waals surface area contributed by atoms with Crippen molar-refractivity contribution >= 4 is 23.2 Å². The van der Waals surface area contributed by atoms with Crippen molar-refractivity contribution in [3.63, 3.8) is 0 Å². The first-order valence-corrected chi connectivity index (χ1v) is 8.38. The van der Waals surface area contributed by atoms with E-state index in [1.165, 1.54) is 6.20 Å². The molecule has 1 fully saturated rings. The first-order valence-electron chi connectivity index (χ1n) is 8.38. The summed E-state index contributed by atoms with van der Waals surface area (Å²) in [6.07, 6.45) is 3.58. The van der Waals surface area contributed by atoms with Crippen molar-refractivity contribution in [1.29, 1.82) is 0 Å². The van der Waals surface area contributed by atoms with E-state index in [-0.39, 0.29) is 17.5 Å². The molecule has 2 heterocycles. The Morgan fingerprint density at radius 2 is 1.76 bits per heavy atom. The molecule has 6 heteroatoms. The summed E-state index contributed by atoms with van der Waals surface area (Å²) < 4.78 is 0. The van der Waals surface area contributed by atoms with Crippen LogP contribution in [0.2, 0.25) is 0 Å². The summed E-state index contributed by atoms with van der Waals surface area (Å²) in [4.78, 5) is 32.8. The number of rotatable bonds is 4. The highest BCUT2D eigenvalue weighted by Gasteiger charge is 2.20. The van der Waals surface area contributed by atoms with Crippen LogP contribution in [0.4, 0.5) is 11.4 Å². The second-order valence-corrected chi connectivity index (χ2v) is 6.32. The molecular weight excluding hydrogens is 316 g/mol. The Balaban J connectivity index is 1.71. The molecule has 1 N–H and O–H groups in total. The van der Waals surface area contributed by atoms with Crippen LogP contribution in [0.15, 0.2) is 42.6 Å². The lowest BCUT2D eigenvalue weighted by molar-refractivity contribution is 0.0792. The average Bonchev–Trinajstić information content (AvgIpc) is 3.16. The molecule has 25 heavy (non-hydrogen) atoms. The summed E-state index contributed by atoms with van der Waals surface area (Å²) in [6.45, 7) is 1.56. The summed E-state index contributed by atoms with van der Waals surface area (Å²) in [5.74, 6) is -0.363. The van der Waals surface area contributed by atoms with Crippen LogP contribution in [-0.4, -0.2) is 48.9 Å². The molecule has 0 spiro atoms. The summed E-state index contributed by atoms with van der Waals surface area (Å²) in [5, 5.41) is 2.82. The highest BCUT2D eigenvalue weighted by molar-refractivity contribution is 6.04. The Morgan fingerprint density at radius 3 is 2.40 bits per heavy atom. The van der Waals surface area contributed by atoms with Crippen LogP contribution in [0.3, 0.4) is 0 Å². The number of nitrogens with one attached hydrogen (secondary N) is 1. The van der Waals surface area contributed by atoms with Crippen LogP contribution in [0, 0.1) is 0 Å². The number of carbonyl (C=O) groups excluding carboxylic acids is 2. The molecule has 1 aromatic carbocycles. The highest BCUT2D eigenvalue weighted by atomic mass is 16.2. The molecule has 1 aliphatic heterocycles. The third-order valence-electron chi connectivity index (χ3n) is 4.27. The van der Waals surface area contributed by atoms with Crippen LogP contribution >= 0.6 is 0 Å². The maximum absolute atomic E-state index is 12.4. The van der Waals surface area contributed by atoms with E-state index in [2.05, 4.69) is 10.3 Å². The normalized spacial score (nSPS) is 13.6. The van der Waals surface area contributed by atoms with Gasteiger partial charge in [-0.3, -0.25) is 14.6 Å². The number of likely N-dealkylation sites (tertiary alicyclic amines) is 1. The molecule has 0 atom stereocenters. The van der Waals surface area contributed by atoms with Gasteiger partial charge in [0, 0.05) is 50.3 Å². The Bertz CT molecular complexity index is 765. The number of aromatic nitrogens is 1. The molecule has 2 aromatic rings. The van der Waals surface area contributed by atoms with Crippen molar-refractivity contribution in [3.8, 4) is 0 Å². The molecule has 3 rings (SSSR count). The van der Waals surface area contributed by atoms with Crippen LogP contribution in [-0.2, 0) is 0 Å². The zero-order chi connectivity index (χ0) is 17.8. The van der Waals surface area contributed by atoms with Gasteiger partial charge in [0.05, 0.1) is 0 Å². The van der Waals surface area contributed by atoms with Crippen molar-refractivity contribution in [2.45, 2.75) is 12.8 Å². The smallest absolute Gasteiger partial charge is 0.274 e. The standard InChI is InChI=1S/C19H22N4O2/c1-22(2)16-7-5-15(6-8-16)21-18(24)17-13-14(9-10-20-17)19(25)23-11-3-4-12-23/h5-10,13H,3-4,11-12H2,1-2H3,(H,21,24). The molecule has 2 amide bonds. The molecule has 0 saturated carbocycles. The van der Waals surface area contributed by atoms with Gasteiger partial charge in [0.1, 0.15) is 5.69 Å². The minimum Gasteiger partial charge on any atom is -0.378 e. The number of amides is 2. The maximum Gasteiger partial charge on any atom is 0.274 e. The number of hydrogen-bond donors (Lipinski definition) is 1. The van der Waals surface area contributed by atoms with Gasteiger partial charge in [0.2, 0.25) is 0 Å². The van der Waals surface area contributed by atoms with E-state index < -0.39 is 0 Å². The van der Waals surface area contributed by atoms with Crippen molar-refractivity contribution in [1.82, 2.24) is 9.88 Å². The SMILES string of the molecule is CN(C)c1ccc(NC(=O)c2cc(C(=O)N3CCCC3)ccn2)cc1. The molecule has 0 aliphatic carbocycles. The minimum absolute atomic E-state index is 0.0377. The van der Waals surface area contributed by atoms with E-state index in [0.29, 0.717) is 11.3 Å². The van der Waals surface area contributed by atoms with Gasteiger partial charge >= 0.3 is 0 Å². The maximum atomic E-state index is 12.4. The fraction of sp³-hybridized carbons (Fsp3) is 0.316. The number of nitrogens with zero attached hydrogens (tertiary/aromatic N) is 3. The molecule has 1 aromatic heterocycles. The lowest BCUT2D eigenvalue weighted by atomic mass is 10.2. The van der Waals surface area contributed by atoms with Crippen molar-refractivity contribution in [2.75, 3.05) is 37.4 Å². The topological polar surface area (TPSA) is 65.5 Å². The zero-order valence-corrected chi connectivity index (χ0v) is 14.5. The van der Waals surface area contributed by atoms with Gasteiger partial charge in [0.15, 0.2) is 0 Å². The number of carbonyl (C=O) groups is 2. The lowest BCUT2D eigenvalue weighted by Gasteiger charge is -2.15. The van der Waals surface area contributed by atoms with E-state index in [1.54, 1.807) is 12.1 Å². The summed E-state index contributed by atoms with van der Waals surface area (Å²) in [5.41, 5.74) is 2.48. The van der Waals surface area contributed by atoms with Crippen molar-refractivity contribution < 1.29 is 9.59 Å². The predicted octanol–water partition coefficient (Wildman–Crippen LogP) is 2.64. The van der Waals surface area contributed by atoms with Gasteiger partial charge in [-0.05, 0) is 49.2 Å². The molecule has 0 bridgehead atoms. The highest BCUT2D eigenvalue weighted by Crippen LogP contribution is 2.17. The summed E-state index contributed by atoms with van der Waals surface area (Å²) in [7, 11) is 3.92. The van der Waals surface area contributed by atoms with Crippen LogP contribution in [0.25, 0.3) is 0 Å². The largest absolute Gasteiger partial charge is 0.378 e. The molecule has 1 saturated heterocycles. The van der Waals surface area contributed by atoms with E-state index >= 15 is 0 Å². The first-order chi connectivity index (χ1) is 12.0. The van der Waals surface area contributed by atoms with Crippen LogP contribution < -0.4 is 10.2 Å². The second-order valence-electron chi connectivity index (χ2n) is 6.32. The average molecular weight is 338 g/mol. The van der Waals surface area contributed by atoms with Crippen molar-refractivity contribution in [3.05, 3.63) is 53.9 Å². The third-order valence-corrected chi connectivity index (χ3v) is 4.27. The van der Waals surface area contributed by atoms with Gasteiger partial charge in [-0.2, -0.15) is 0 Å². The quantitative estimate of drug-likeness (QED) is 0.931. The predicted molar refractivity (Wildman–Crippen MR) is 98.1 cm³/mol. The van der Waals surface area contributed by atoms with E-state index in [4.69, 9.17) is 0 Å². The monoisotopic (exact) mass is 338 g/mol. The summed E-state index contributed by atoms with van der Waals surface area (Å²) in [6, 6.07) is 10.7. The van der Waals surface area contributed by atoms with Gasteiger partial charge < -0.3 is 15.1 Å². The Hall–Kier alpha value is -2.89. The first kappa shape index (κ1) is 17.0. The molecule has 0 unspecified atom stereocenters. The zero-order valence-electron chi connectivity index (χ0n) is 14.5. The Kier molecular flexibility index (Phi) is 4.97. The Labute approximate surface area is 147 Å². The number of pyridine rings is 1.